The van der Waals surface area contributed by atoms with Crippen molar-refractivity contribution in [2.45, 2.75) is 25.8 Å². The van der Waals surface area contributed by atoms with Crippen LogP contribution in [0.25, 0.3) is 0 Å². The number of hydrogen-bond donors (Lipinski definition) is 1. The van der Waals surface area contributed by atoms with Crippen LogP contribution in [-0.4, -0.2) is 67.8 Å². The zero-order valence-electron chi connectivity index (χ0n) is 13.1. The van der Waals surface area contributed by atoms with Crippen LogP contribution in [0.4, 0.5) is 5.13 Å². The summed E-state index contributed by atoms with van der Waals surface area (Å²) in [4.78, 5) is 21.2. The number of aromatic nitrogens is 1. The van der Waals surface area contributed by atoms with Gasteiger partial charge in [-0.25, -0.2) is 4.98 Å². The third kappa shape index (κ3) is 4.18. The molecular weight excluding hydrogens is 300 g/mol. The Morgan fingerprint density at radius 3 is 2.73 bits per heavy atom. The topological polar surface area (TPSA) is 57.7 Å². The van der Waals surface area contributed by atoms with Crippen LogP contribution in [0.15, 0.2) is 5.38 Å². The van der Waals surface area contributed by atoms with Crippen molar-refractivity contribution in [2.75, 3.05) is 50.8 Å². The molecule has 0 aliphatic carbocycles. The number of hydrogen-bond acceptors (Lipinski definition) is 6. The first-order chi connectivity index (χ1) is 10.7. The quantitative estimate of drug-likeness (QED) is 0.890. The summed E-state index contributed by atoms with van der Waals surface area (Å²) in [5.41, 5.74) is 1.08. The SMILES string of the molecule is Cc1csc(N2CCN(CC(=O)NC3CCOCC3)CC2)n1. The number of carbonyl (C=O) groups is 1. The lowest BCUT2D eigenvalue weighted by Crippen LogP contribution is -2.51. The summed E-state index contributed by atoms with van der Waals surface area (Å²) in [6, 6.07) is 0.292. The summed E-state index contributed by atoms with van der Waals surface area (Å²) in [5, 5.41) is 6.31. The van der Waals surface area contributed by atoms with Gasteiger partial charge in [-0.1, -0.05) is 0 Å². The van der Waals surface area contributed by atoms with Gasteiger partial charge >= 0.3 is 0 Å². The smallest absolute Gasteiger partial charge is 0.234 e. The van der Waals surface area contributed by atoms with Gasteiger partial charge in [0, 0.05) is 50.8 Å². The van der Waals surface area contributed by atoms with Crippen LogP contribution in [0.5, 0.6) is 0 Å². The van der Waals surface area contributed by atoms with Gasteiger partial charge in [0.2, 0.25) is 5.91 Å². The lowest BCUT2D eigenvalue weighted by atomic mass is 10.1. The summed E-state index contributed by atoms with van der Waals surface area (Å²) in [6.07, 6.45) is 1.87. The molecule has 2 aliphatic heterocycles. The van der Waals surface area contributed by atoms with E-state index in [9.17, 15) is 4.79 Å². The third-order valence-corrected chi connectivity index (χ3v) is 5.22. The Morgan fingerprint density at radius 1 is 1.36 bits per heavy atom. The van der Waals surface area contributed by atoms with E-state index in [1.54, 1.807) is 11.3 Å². The molecule has 2 fully saturated rings. The van der Waals surface area contributed by atoms with Crippen molar-refractivity contribution in [1.29, 1.82) is 0 Å². The van der Waals surface area contributed by atoms with Crippen molar-refractivity contribution < 1.29 is 9.53 Å². The van der Waals surface area contributed by atoms with Gasteiger partial charge in [-0.3, -0.25) is 9.69 Å². The maximum Gasteiger partial charge on any atom is 0.234 e. The molecule has 1 amide bonds. The van der Waals surface area contributed by atoms with Crippen molar-refractivity contribution in [3.8, 4) is 0 Å². The van der Waals surface area contributed by atoms with E-state index in [-0.39, 0.29) is 5.91 Å². The van der Waals surface area contributed by atoms with Crippen LogP contribution in [-0.2, 0) is 9.53 Å². The average Bonchev–Trinajstić information content (AvgIpc) is 2.95. The molecule has 1 aromatic heterocycles. The molecule has 0 bridgehead atoms. The molecule has 7 heteroatoms. The van der Waals surface area contributed by atoms with Crippen LogP contribution in [0.1, 0.15) is 18.5 Å². The second kappa shape index (κ2) is 7.39. The van der Waals surface area contributed by atoms with Crippen LogP contribution in [0.2, 0.25) is 0 Å². The number of amides is 1. The third-order valence-electron chi connectivity index (χ3n) is 4.20. The molecule has 2 aliphatic rings. The second-order valence-electron chi connectivity index (χ2n) is 5.99. The van der Waals surface area contributed by atoms with E-state index in [0.717, 1.165) is 63.1 Å². The van der Waals surface area contributed by atoms with Crippen molar-refractivity contribution in [2.24, 2.45) is 0 Å². The Balaban J connectivity index is 1.40. The van der Waals surface area contributed by atoms with Crippen LogP contribution in [0, 0.1) is 6.92 Å². The highest BCUT2D eigenvalue weighted by Gasteiger charge is 2.22. The normalized spacial score (nSPS) is 21.0. The summed E-state index contributed by atoms with van der Waals surface area (Å²) >= 11 is 1.70. The molecule has 1 aromatic rings. The van der Waals surface area contributed by atoms with Gasteiger partial charge in [-0.2, -0.15) is 0 Å². The Labute approximate surface area is 135 Å². The molecule has 6 nitrogen and oxygen atoms in total. The fourth-order valence-corrected chi connectivity index (χ4v) is 3.76. The minimum Gasteiger partial charge on any atom is -0.381 e. The van der Waals surface area contributed by atoms with E-state index in [1.807, 2.05) is 6.92 Å². The van der Waals surface area contributed by atoms with Crippen molar-refractivity contribution >= 4 is 22.4 Å². The molecule has 3 rings (SSSR count). The van der Waals surface area contributed by atoms with E-state index in [0.29, 0.717) is 12.6 Å². The average molecular weight is 324 g/mol. The summed E-state index contributed by atoms with van der Waals surface area (Å²) in [7, 11) is 0. The highest BCUT2D eigenvalue weighted by atomic mass is 32.1. The highest BCUT2D eigenvalue weighted by Crippen LogP contribution is 2.21. The number of rotatable bonds is 4. The minimum atomic E-state index is 0.144. The first kappa shape index (κ1) is 15.7. The van der Waals surface area contributed by atoms with Gasteiger partial charge in [0.25, 0.3) is 0 Å². The monoisotopic (exact) mass is 324 g/mol. The Bertz CT molecular complexity index is 493. The fraction of sp³-hybridized carbons (Fsp3) is 0.733. The predicted octanol–water partition coefficient (Wildman–Crippen LogP) is 0.869. The van der Waals surface area contributed by atoms with Gasteiger partial charge in [0.15, 0.2) is 5.13 Å². The van der Waals surface area contributed by atoms with E-state index in [4.69, 9.17) is 4.74 Å². The number of piperazine rings is 1. The molecule has 22 heavy (non-hydrogen) atoms. The number of ether oxygens (including phenoxy) is 1. The summed E-state index contributed by atoms with van der Waals surface area (Å²) in [6.45, 7) is 7.77. The zero-order valence-corrected chi connectivity index (χ0v) is 13.9. The maximum absolute atomic E-state index is 12.1. The van der Waals surface area contributed by atoms with Crippen LogP contribution >= 0.6 is 11.3 Å². The number of anilines is 1. The molecule has 1 N–H and O–H groups in total. The lowest BCUT2D eigenvalue weighted by molar-refractivity contribution is -0.123. The predicted molar refractivity (Wildman–Crippen MR) is 87.5 cm³/mol. The van der Waals surface area contributed by atoms with Gasteiger partial charge in [-0.15, -0.1) is 11.3 Å². The Hall–Kier alpha value is -1.18. The molecule has 0 radical (unpaired) electrons. The van der Waals surface area contributed by atoms with Gasteiger partial charge in [0.1, 0.15) is 0 Å². The molecule has 0 atom stereocenters. The highest BCUT2D eigenvalue weighted by molar-refractivity contribution is 7.13. The largest absolute Gasteiger partial charge is 0.381 e. The van der Waals surface area contributed by atoms with Crippen LogP contribution in [0.3, 0.4) is 0 Å². The second-order valence-corrected chi connectivity index (χ2v) is 6.83. The van der Waals surface area contributed by atoms with E-state index in [2.05, 4.69) is 25.5 Å². The summed E-state index contributed by atoms with van der Waals surface area (Å²) in [5.74, 6) is 0.144. The number of nitrogens with one attached hydrogen (secondary N) is 1. The minimum absolute atomic E-state index is 0.144. The van der Waals surface area contributed by atoms with E-state index >= 15 is 0 Å². The maximum atomic E-state index is 12.1. The fourth-order valence-electron chi connectivity index (χ4n) is 2.90. The molecule has 0 spiro atoms. The first-order valence-corrected chi connectivity index (χ1v) is 8.85. The molecule has 0 saturated carbocycles. The molecular formula is C15H24N4O2S. The first-order valence-electron chi connectivity index (χ1n) is 7.97. The molecule has 0 aromatic carbocycles. The number of thiazole rings is 1. The van der Waals surface area contributed by atoms with E-state index in [1.165, 1.54) is 0 Å². The van der Waals surface area contributed by atoms with Crippen molar-refractivity contribution in [3.63, 3.8) is 0 Å². The number of carbonyl (C=O) groups excluding carboxylic acids is 1. The standard InChI is InChI=1S/C15H24N4O2S/c1-12-11-22-15(16-12)19-6-4-18(5-7-19)10-14(20)17-13-2-8-21-9-3-13/h11,13H,2-10H2,1H3,(H,17,20). The van der Waals surface area contributed by atoms with Crippen molar-refractivity contribution in [1.82, 2.24) is 15.2 Å². The summed E-state index contributed by atoms with van der Waals surface area (Å²) < 4.78 is 5.31. The molecule has 2 saturated heterocycles. The number of aryl methyl sites for hydroxylation is 1. The lowest BCUT2D eigenvalue weighted by Gasteiger charge is -2.34. The zero-order chi connectivity index (χ0) is 15.4. The molecule has 3 heterocycles. The van der Waals surface area contributed by atoms with Gasteiger partial charge in [-0.05, 0) is 19.8 Å². The van der Waals surface area contributed by atoms with Gasteiger partial charge in [0.05, 0.1) is 12.2 Å². The van der Waals surface area contributed by atoms with E-state index < -0.39 is 0 Å². The Morgan fingerprint density at radius 2 is 2.09 bits per heavy atom. The molecule has 0 unspecified atom stereocenters. The molecule has 122 valence electrons. The van der Waals surface area contributed by atoms with Gasteiger partial charge < -0.3 is 15.0 Å². The van der Waals surface area contributed by atoms with Crippen LogP contribution < -0.4 is 10.2 Å². The number of nitrogens with zero attached hydrogens (tertiary/aromatic N) is 3. The van der Waals surface area contributed by atoms with Crippen molar-refractivity contribution in [3.05, 3.63) is 11.1 Å². The Kier molecular flexibility index (Phi) is 5.28.